The second-order valence-corrected chi connectivity index (χ2v) is 6.74. The van der Waals surface area contributed by atoms with Gasteiger partial charge in [0.25, 0.3) is 11.8 Å². The second-order valence-electron chi connectivity index (χ2n) is 6.74. The molecule has 0 aromatic heterocycles. The molecule has 0 heterocycles. The van der Waals surface area contributed by atoms with Gasteiger partial charge in [0.05, 0.1) is 0 Å². The molecule has 128 valence electrons. The highest BCUT2D eigenvalue weighted by Gasteiger charge is 2.26. The van der Waals surface area contributed by atoms with E-state index in [-0.39, 0.29) is 29.9 Å². The van der Waals surface area contributed by atoms with Gasteiger partial charge < -0.3 is 15.7 Å². The van der Waals surface area contributed by atoms with Crippen molar-refractivity contribution in [2.45, 2.75) is 46.6 Å². The molecule has 0 spiro atoms. The van der Waals surface area contributed by atoms with Crippen LogP contribution in [0.15, 0.2) is 24.3 Å². The maximum Gasteiger partial charge on any atom is 0.251 e. The Kier molecular flexibility index (Phi) is 7.23. The number of aliphatic hydroxyl groups excluding tert-OH is 1. The number of aliphatic hydroxyl groups is 1. The lowest BCUT2D eigenvalue weighted by atomic mass is 9.84. The van der Waals surface area contributed by atoms with Crippen molar-refractivity contribution in [2.75, 3.05) is 13.2 Å². The lowest BCUT2D eigenvalue weighted by Crippen LogP contribution is -2.44. The minimum Gasteiger partial charge on any atom is -0.396 e. The van der Waals surface area contributed by atoms with Gasteiger partial charge in [0.1, 0.15) is 0 Å². The van der Waals surface area contributed by atoms with Crippen LogP contribution < -0.4 is 10.6 Å². The minimum atomic E-state index is -0.233. The molecule has 0 saturated heterocycles. The Morgan fingerprint density at radius 1 is 1.17 bits per heavy atom. The van der Waals surface area contributed by atoms with E-state index in [1.54, 1.807) is 24.3 Å². The Morgan fingerprint density at radius 3 is 2.30 bits per heavy atom. The summed E-state index contributed by atoms with van der Waals surface area (Å²) >= 11 is 0. The Bertz CT molecular complexity index is 535. The minimum absolute atomic E-state index is 0.0156. The lowest BCUT2D eigenvalue weighted by molar-refractivity contribution is 0.0885. The fourth-order valence-electron chi connectivity index (χ4n) is 2.23. The van der Waals surface area contributed by atoms with Crippen molar-refractivity contribution in [1.82, 2.24) is 10.6 Å². The quantitative estimate of drug-likeness (QED) is 0.721. The van der Waals surface area contributed by atoms with Crippen LogP contribution in [0.4, 0.5) is 0 Å². The number of carbonyl (C=O) groups excluding carboxylic acids is 2. The van der Waals surface area contributed by atoms with E-state index in [9.17, 15) is 14.7 Å². The molecule has 23 heavy (non-hydrogen) atoms. The van der Waals surface area contributed by atoms with Gasteiger partial charge in [0.2, 0.25) is 0 Å². The topological polar surface area (TPSA) is 78.4 Å². The SMILES string of the molecule is CCCNC(=O)c1cccc(C(=O)NC(CCO)C(C)(C)C)c1. The number of carbonyl (C=O) groups is 2. The van der Waals surface area contributed by atoms with Crippen LogP contribution in [-0.4, -0.2) is 36.1 Å². The first-order valence-electron chi connectivity index (χ1n) is 8.09. The summed E-state index contributed by atoms with van der Waals surface area (Å²) in [7, 11) is 0. The van der Waals surface area contributed by atoms with Crippen molar-refractivity contribution in [3.63, 3.8) is 0 Å². The molecule has 0 aliphatic rings. The smallest absolute Gasteiger partial charge is 0.251 e. The fraction of sp³-hybridized carbons (Fsp3) is 0.556. The Labute approximate surface area is 138 Å². The number of nitrogens with one attached hydrogen (secondary N) is 2. The van der Waals surface area contributed by atoms with Crippen LogP contribution in [0.1, 0.15) is 61.3 Å². The average molecular weight is 320 g/mol. The van der Waals surface area contributed by atoms with Crippen LogP contribution >= 0.6 is 0 Å². The Hall–Kier alpha value is -1.88. The third-order valence-electron chi connectivity index (χ3n) is 3.69. The summed E-state index contributed by atoms with van der Waals surface area (Å²) in [6, 6.07) is 6.53. The molecular formula is C18H28N2O3. The lowest BCUT2D eigenvalue weighted by Gasteiger charge is -2.31. The molecule has 0 aliphatic carbocycles. The van der Waals surface area contributed by atoms with Gasteiger partial charge in [-0.1, -0.05) is 33.8 Å². The third-order valence-corrected chi connectivity index (χ3v) is 3.69. The van der Waals surface area contributed by atoms with Gasteiger partial charge in [0.15, 0.2) is 0 Å². The van der Waals surface area contributed by atoms with Crippen LogP contribution in [-0.2, 0) is 0 Å². The summed E-state index contributed by atoms with van der Waals surface area (Å²) in [5.74, 6) is -0.409. The van der Waals surface area contributed by atoms with E-state index in [1.165, 1.54) is 0 Å². The van der Waals surface area contributed by atoms with Crippen molar-refractivity contribution < 1.29 is 14.7 Å². The van der Waals surface area contributed by atoms with E-state index in [2.05, 4.69) is 10.6 Å². The first-order valence-corrected chi connectivity index (χ1v) is 8.09. The Morgan fingerprint density at radius 2 is 1.78 bits per heavy atom. The van der Waals surface area contributed by atoms with E-state index < -0.39 is 0 Å². The van der Waals surface area contributed by atoms with Gasteiger partial charge in [-0.05, 0) is 36.5 Å². The normalized spacial score (nSPS) is 12.6. The maximum atomic E-state index is 12.4. The molecule has 0 radical (unpaired) electrons. The number of hydrogen-bond donors (Lipinski definition) is 3. The van der Waals surface area contributed by atoms with Crippen molar-refractivity contribution in [3.8, 4) is 0 Å². The van der Waals surface area contributed by atoms with Crippen LogP contribution in [0.3, 0.4) is 0 Å². The molecule has 5 heteroatoms. The summed E-state index contributed by atoms with van der Waals surface area (Å²) < 4.78 is 0. The van der Waals surface area contributed by atoms with Gasteiger partial charge in [-0.25, -0.2) is 0 Å². The molecule has 1 aromatic carbocycles. The highest BCUT2D eigenvalue weighted by molar-refractivity contribution is 5.99. The predicted molar refractivity (Wildman–Crippen MR) is 91.5 cm³/mol. The largest absolute Gasteiger partial charge is 0.396 e. The zero-order valence-corrected chi connectivity index (χ0v) is 14.5. The van der Waals surface area contributed by atoms with E-state index in [0.29, 0.717) is 24.1 Å². The summed E-state index contributed by atoms with van der Waals surface area (Å²) in [6.45, 7) is 8.66. The monoisotopic (exact) mass is 320 g/mol. The van der Waals surface area contributed by atoms with Gasteiger partial charge in [-0.15, -0.1) is 0 Å². The predicted octanol–water partition coefficient (Wildman–Crippen LogP) is 2.35. The maximum absolute atomic E-state index is 12.4. The molecule has 2 amide bonds. The molecule has 0 bridgehead atoms. The van der Waals surface area contributed by atoms with Crippen molar-refractivity contribution in [2.24, 2.45) is 5.41 Å². The summed E-state index contributed by atoms with van der Waals surface area (Å²) in [4.78, 5) is 24.4. The van der Waals surface area contributed by atoms with Crippen LogP contribution in [0.2, 0.25) is 0 Å². The van der Waals surface area contributed by atoms with Crippen LogP contribution in [0, 0.1) is 5.41 Å². The van der Waals surface area contributed by atoms with Gasteiger partial charge in [-0.3, -0.25) is 9.59 Å². The molecule has 0 aliphatic heterocycles. The fourth-order valence-corrected chi connectivity index (χ4v) is 2.23. The van der Waals surface area contributed by atoms with E-state index in [4.69, 9.17) is 0 Å². The van der Waals surface area contributed by atoms with E-state index in [0.717, 1.165) is 6.42 Å². The van der Waals surface area contributed by atoms with Gasteiger partial charge >= 0.3 is 0 Å². The number of amides is 2. The van der Waals surface area contributed by atoms with Gasteiger partial charge in [0, 0.05) is 30.3 Å². The highest BCUT2D eigenvalue weighted by atomic mass is 16.3. The molecule has 1 atom stereocenters. The average Bonchev–Trinajstić information content (AvgIpc) is 2.51. The summed E-state index contributed by atoms with van der Waals surface area (Å²) in [5.41, 5.74) is 0.760. The van der Waals surface area contributed by atoms with Crippen LogP contribution in [0.25, 0.3) is 0 Å². The third kappa shape index (κ3) is 6.02. The van der Waals surface area contributed by atoms with E-state index >= 15 is 0 Å². The number of rotatable bonds is 7. The molecule has 5 nitrogen and oxygen atoms in total. The molecule has 1 aromatic rings. The first-order chi connectivity index (χ1) is 10.8. The molecule has 0 saturated carbocycles. The summed E-state index contributed by atoms with van der Waals surface area (Å²) in [5, 5.41) is 14.9. The molecule has 1 rings (SSSR count). The Balaban J connectivity index is 2.85. The van der Waals surface area contributed by atoms with Crippen molar-refractivity contribution in [3.05, 3.63) is 35.4 Å². The van der Waals surface area contributed by atoms with Crippen LogP contribution in [0.5, 0.6) is 0 Å². The van der Waals surface area contributed by atoms with Crippen molar-refractivity contribution in [1.29, 1.82) is 0 Å². The molecule has 0 fully saturated rings. The first kappa shape index (κ1) is 19.2. The van der Waals surface area contributed by atoms with E-state index in [1.807, 2.05) is 27.7 Å². The van der Waals surface area contributed by atoms with Crippen molar-refractivity contribution >= 4 is 11.8 Å². The number of benzene rings is 1. The highest BCUT2D eigenvalue weighted by Crippen LogP contribution is 2.22. The second kappa shape index (κ2) is 8.67. The standard InChI is InChI=1S/C18H28N2O3/c1-5-10-19-16(22)13-7-6-8-14(12-13)17(23)20-15(9-11-21)18(2,3)4/h6-8,12,15,21H,5,9-11H2,1-4H3,(H,19,22)(H,20,23). The number of hydrogen-bond acceptors (Lipinski definition) is 3. The summed E-state index contributed by atoms with van der Waals surface area (Å²) in [6.07, 6.45) is 1.35. The molecule has 1 unspecified atom stereocenters. The zero-order valence-electron chi connectivity index (χ0n) is 14.5. The zero-order chi connectivity index (χ0) is 17.5. The molecule has 3 N–H and O–H groups in total. The van der Waals surface area contributed by atoms with Gasteiger partial charge in [-0.2, -0.15) is 0 Å². The molecular weight excluding hydrogens is 292 g/mol.